The van der Waals surface area contributed by atoms with Gasteiger partial charge in [0.1, 0.15) is 5.75 Å². The number of rotatable bonds is 5. The van der Waals surface area contributed by atoms with E-state index in [0.717, 1.165) is 0 Å². The summed E-state index contributed by atoms with van der Waals surface area (Å²) in [7, 11) is 0. The topological polar surface area (TPSA) is 9.23 Å². The first kappa shape index (κ1) is 17.0. The Morgan fingerprint density at radius 2 is 1.70 bits per heavy atom. The van der Waals surface area contributed by atoms with Crippen LogP contribution in [0.1, 0.15) is 17.5 Å². The standard InChI is InChI=1S/C12H12F6OS/c1-20-6-2-5-19-10-4-3-8(11(13,14)15)7-9(10)12(16,17)18/h3-4,7H,2,5-6H2,1H3. The Bertz CT molecular complexity index is 441. The lowest BCUT2D eigenvalue weighted by Crippen LogP contribution is -2.13. The summed E-state index contributed by atoms with van der Waals surface area (Å²) in [4.78, 5) is 0. The molecule has 0 spiro atoms. The fourth-order valence-corrected chi connectivity index (χ4v) is 1.85. The second-order valence-electron chi connectivity index (χ2n) is 3.90. The van der Waals surface area contributed by atoms with E-state index >= 15 is 0 Å². The Balaban J connectivity index is 2.99. The molecule has 0 saturated heterocycles. The van der Waals surface area contributed by atoms with Crippen molar-refractivity contribution in [2.75, 3.05) is 18.6 Å². The molecule has 1 aromatic carbocycles. The average molecular weight is 318 g/mol. The molecule has 0 radical (unpaired) electrons. The first-order chi connectivity index (χ1) is 9.16. The third kappa shape index (κ3) is 4.81. The van der Waals surface area contributed by atoms with Gasteiger partial charge in [-0.25, -0.2) is 0 Å². The van der Waals surface area contributed by atoms with E-state index in [0.29, 0.717) is 24.3 Å². The number of ether oxygens (including phenoxy) is 1. The zero-order chi connectivity index (χ0) is 15.4. The van der Waals surface area contributed by atoms with Gasteiger partial charge in [-0.05, 0) is 36.6 Å². The van der Waals surface area contributed by atoms with Crippen LogP contribution in [0.25, 0.3) is 0 Å². The number of thioether (sulfide) groups is 1. The number of hydrogen-bond donors (Lipinski definition) is 0. The summed E-state index contributed by atoms with van der Waals surface area (Å²) < 4.78 is 80.4. The number of alkyl halides is 6. The van der Waals surface area contributed by atoms with E-state index in [4.69, 9.17) is 4.74 Å². The summed E-state index contributed by atoms with van der Waals surface area (Å²) in [5, 5.41) is 0. The van der Waals surface area contributed by atoms with Crippen molar-refractivity contribution in [2.45, 2.75) is 18.8 Å². The molecule has 0 heterocycles. The molecule has 20 heavy (non-hydrogen) atoms. The van der Waals surface area contributed by atoms with Crippen LogP contribution in [0.15, 0.2) is 18.2 Å². The number of benzene rings is 1. The minimum atomic E-state index is -4.89. The van der Waals surface area contributed by atoms with Crippen molar-refractivity contribution < 1.29 is 31.1 Å². The molecule has 1 rings (SSSR count). The highest BCUT2D eigenvalue weighted by Gasteiger charge is 2.38. The van der Waals surface area contributed by atoms with Crippen molar-refractivity contribution in [3.8, 4) is 5.75 Å². The SMILES string of the molecule is CSCCCOc1ccc(C(F)(F)F)cc1C(F)(F)F. The second-order valence-corrected chi connectivity index (χ2v) is 4.89. The summed E-state index contributed by atoms with van der Waals surface area (Å²) in [6.45, 7) is 0.0231. The lowest BCUT2D eigenvalue weighted by atomic mass is 10.1. The van der Waals surface area contributed by atoms with Gasteiger partial charge in [0.05, 0.1) is 17.7 Å². The molecular weight excluding hydrogens is 306 g/mol. The fourth-order valence-electron chi connectivity index (χ4n) is 1.44. The minimum absolute atomic E-state index is 0.0231. The summed E-state index contributed by atoms with van der Waals surface area (Å²) in [5.41, 5.74) is -2.75. The van der Waals surface area contributed by atoms with E-state index < -0.39 is 29.2 Å². The van der Waals surface area contributed by atoms with Gasteiger partial charge >= 0.3 is 12.4 Å². The van der Waals surface area contributed by atoms with Crippen molar-refractivity contribution in [2.24, 2.45) is 0 Å². The first-order valence-corrected chi connectivity index (χ1v) is 6.96. The third-order valence-electron chi connectivity index (χ3n) is 2.36. The molecule has 0 aromatic heterocycles. The molecule has 1 aromatic rings. The fraction of sp³-hybridized carbons (Fsp3) is 0.500. The van der Waals surface area contributed by atoms with Crippen LogP contribution in [-0.4, -0.2) is 18.6 Å². The molecule has 0 aliphatic heterocycles. The van der Waals surface area contributed by atoms with Gasteiger partial charge in [0.25, 0.3) is 0 Å². The average Bonchev–Trinajstić information content (AvgIpc) is 2.32. The molecule has 0 N–H and O–H groups in total. The van der Waals surface area contributed by atoms with E-state index in [2.05, 4.69) is 0 Å². The van der Waals surface area contributed by atoms with Gasteiger partial charge in [-0.3, -0.25) is 0 Å². The van der Waals surface area contributed by atoms with Crippen LogP contribution in [0.3, 0.4) is 0 Å². The molecule has 0 saturated carbocycles. The monoisotopic (exact) mass is 318 g/mol. The molecule has 0 bridgehead atoms. The van der Waals surface area contributed by atoms with Crippen molar-refractivity contribution in [1.29, 1.82) is 0 Å². The van der Waals surface area contributed by atoms with Crippen LogP contribution in [-0.2, 0) is 12.4 Å². The number of hydrogen-bond acceptors (Lipinski definition) is 2. The Hall–Kier alpha value is -1.05. The first-order valence-electron chi connectivity index (χ1n) is 5.56. The normalized spacial score (nSPS) is 12.6. The Morgan fingerprint density at radius 1 is 1.05 bits per heavy atom. The zero-order valence-corrected chi connectivity index (χ0v) is 11.3. The third-order valence-corrected chi connectivity index (χ3v) is 3.06. The van der Waals surface area contributed by atoms with Crippen LogP contribution < -0.4 is 4.74 Å². The molecule has 0 atom stereocenters. The molecule has 8 heteroatoms. The van der Waals surface area contributed by atoms with Gasteiger partial charge in [-0.1, -0.05) is 0 Å². The molecule has 114 valence electrons. The van der Waals surface area contributed by atoms with Gasteiger partial charge < -0.3 is 4.74 Å². The van der Waals surface area contributed by atoms with Crippen molar-refractivity contribution in [3.63, 3.8) is 0 Å². The highest BCUT2D eigenvalue weighted by Crippen LogP contribution is 2.40. The molecule has 0 fully saturated rings. The van der Waals surface area contributed by atoms with E-state index in [9.17, 15) is 26.3 Å². The minimum Gasteiger partial charge on any atom is -0.493 e. The summed E-state index contributed by atoms with van der Waals surface area (Å²) in [6, 6.07) is 1.37. The Morgan fingerprint density at radius 3 is 2.20 bits per heavy atom. The lowest BCUT2D eigenvalue weighted by Gasteiger charge is -2.16. The summed E-state index contributed by atoms with van der Waals surface area (Å²) >= 11 is 1.50. The van der Waals surface area contributed by atoms with E-state index in [-0.39, 0.29) is 12.7 Å². The van der Waals surface area contributed by atoms with Gasteiger partial charge in [-0.2, -0.15) is 38.1 Å². The molecule has 0 aliphatic carbocycles. The second kappa shape index (κ2) is 6.60. The van der Waals surface area contributed by atoms with Crippen molar-refractivity contribution in [3.05, 3.63) is 29.3 Å². The molecule has 0 unspecified atom stereocenters. The summed E-state index contributed by atoms with van der Waals surface area (Å²) in [5.74, 6) is 0.119. The molecule has 0 amide bonds. The van der Waals surface area contributed by atoms with E-state index in [1.807, 2.05) is 6.26 Å². The molecule has 1 nitrogen and oxygen atoms in total. The smallest absolute Gasteiger partial charge is 0.419 e. The van der Waals surface area contributed by atoms with E-state index in [1.54, 1.807) is 0 Å². The largest absolute Gasteiger partial charge is 0.493 e. The summed E-state index contributed by atoms with van der Waals surface area (Å²) in [6.07, 6.45) is -7.37. The quantitative estimate of drug-likeness (QED) is 0.566. The maximum atomic E-state index is 12.7. The van der Waals surface area contributed by atoms with E-state index in [1.165, 1.54) is 11.8 Å². The van der Waals surface area contributed by atoms with Crippen LogP contribution in [0, 0.1) is 0 Å². The van der Waals surface area contributed by atoms with Crippen molar-refractivity contribution >= 4 is 11.8 Å². The predicted molar refractivity (Wildman–Crippen MR) is 64.9 cm³/mol. The number of halogens is 6. The molecule has 0 aliphatic rings. The van der Waals surface area contributed by atoms with Gasteiger partial charge in [0, 0.05) is 0 Å². The maximum Gasteiger partial charge on any atom is 0.419 e. The Kier molecular flexibility index (Phi) is 5.61. The van der Waals surface area contributed by atoms with Gasteiger partial charge in [-0.15, -0.1) is 0 Å². The van der Waals surface area contributed by atoms with Gasteiger partial charge in [0.15, 0.2) is 0 Å². The van der Waals surface area contributed by atoms with Crippen LogP contribution in [0.4, 0.5) is 26.3 Å². The predicted octanol–water partition coefficient (Wildman–Crippen LogP) is 4.86. The highest BCUT2D eigenvalue weighted by molar-refractivity contribution is 7.98. The van der Waals surface area contributed by atoms with Crippen molar-refractivity contribution in [1.82, 2.24) is 0 Å². The van der Waals surface area contributed by atoms with Crippen LogP contribution >= 0.6 is 11.8 Å². The van der Waals surface area contributed by atoms with Gasteiger partial charge in [0.2, 0.25) is 0 Å². The Labute approximate surface area is 116 Å². The highest BCUT2D eigenvalue weighted by atomic mass is 32.2. The zero-order valence-electron chi connectivity index (χ0n) is 10.4. The molecular formula is C12H12F6OS. The lowest BCUT2D eigenvalue weighted by molar-refractivity contribution is -0.143. The van der Waals surface area contributed by atoms with Crippen LogP contribution in [0.5, 0.6) is 5.75 Å². The maximum absolute atomic E-state index is 12.7. The van der Waals surface area contributed by atoms with Crippen LogP contribution in [0.2, 0.25) is 0 Å².